The molecule has 3 aromatic rings. The van der Waals surface area contributed by atoms with Crippen molar-refractivity contribution in [2.45, 2.75) is 105 Å². The molecule has 1 aliphatic rings. The smallest absolute Gasteiger partial charge is 0.425 e. The lowest BCUT2D eigenvalue weighted by Crippen LogP contribution is -2.44. The predicted octanol–water partition coefficient (Wildman–Crippen LogP) is 5.61. The molecule has 0 aliphatic carbocycles. The first-order chi connectivity index (χ1) is 24.6. The molecule has 1 unspecified atom stereocenters. The average molecular weight is 777 g/mol. The van der Waals surface area contributed by atoms with Gasteiger partial charge in [-0.3, -0.25) is 14.2 Å². The molecule has 17 nitrogen and oxygen atoms in total. The number of terminal acetylenes is 1. The van der Waals surface area contributed by atoms with Gasteiger partial charge in [0.2, 0.25) is 10.3 Å². The minimum atomic E-state index is -1.38. The molecule has 0 N–H and O–H groups in total. The second-order valence-electron chi connectivity index (χ2n) is 14.0. The number of hydrogen-bond acceptors (Lipinski definition) is 16. The molecule has 5 atom stereocenters. The fraction of sp³-hybridized carbons (Fsp3) is 0.559. The van der Waals surface area contributed by atoms with E-state index in [4.69, 9.17) is 46.4 Å². The number of nitrogens with zero attached hydrogens (tertiary/aromatic N) is 6. The standard InChI is InChI=1S/C34H41ClN6O11S/c1-12-34(11)20(14-48-22(17(3)42)19-15-53-26(37-19)28(44)47-13-2)50-27(23(34)49-18(4)43)40-16-36-21-24(40)38-29(35)39-25(21)41(30(45)51-32(5,6)7)31(46)52-33(8,9)10/h1,15-16,20,22-23,27H,13-14H2,2-11H3/t20-,22?,23+,27-,34+/m1/s1. The minimum absolute atomic E-state index is 0.0428. The normalized spacial score (nSPS) is 20.7. The fourth-order valence-corrected chi connectivity index (χ4v) is 6.07. The van der Waals surface area contributed by atoms with Crippen molar-refractivity contribution in [3.8, 4) is 12.3 Å². The summed E-state index contributed by atoms with van der Waals surface area (Å²) in [7, 11) is 0. The molecule has 0 bridgehead atoms. The Morgan fingerprint density at radius 3 is 2.23 bits per heavy atom. The number of aromatic nitrogens is 5. The molecule has 1 saturated heterocycles. The summed E-state index contributed by atoms with van der Waals surface area (Å²) in [5.74, 6) is 0.545. The fourth-order valence-electron chi connectivity index (χ4n) is 5.19. The Labute approximate surface area is 314 Å². The van der Waals surface area contributed by atoms with Crippen LogP contribution in [0.5, 0.6) is 0 Å². The molecule has 0 radical (unpaired) electrons. The van der Waals surface area contributed by atoms with E-state index in [1.54, 1.807) is 55.4 Å². The maximum Gasteiger partial charge on any atom is 0.425 e. The third-order valence-corrected chi connectivity index (χ3v) is 8.47. The van der Waals surface area contributed by atoms with Crippen LogP contribution in [0.2, 0.25) is 5.28 Å². The van der Waals surface area contributed by atoms with Gasteiger partial charge in [-0.25, -0.2) is 24.4 Å². The van der Waals surface area contributed by atoms with E-state index in [1.165, 1.54) is 30.1 Å². The van der Waals surface area contributed by atoms with Crippen LogP contribution in [-0.4, -0.2) is 91.0 Å². The monoisotopic (exact) mass is 776 g/mol. The van der Waals surface area contributed by atoms with E-state index in [-0.39, 0.29) is 40.9 Å². The summed E-state index contributed by atoms with van der Waals surface area (Å²) in [5, 5.41) is 1.15. The van der Waals surface area contributed by atoms with Gasteiger partial charge in [0.05, 0.1) is 30.7 Å². The number of ketones is 1. The molecule has 0 aromatic carbocycles. The number of fused-ring (bicyclic) bond motifs is 1. The number of carbonyl (C=O) groups excluding carboxylic acids is 5. The number of esters is 2. The molecule has 1 aliphatic heterocycles. The van der Waals surface area contributed by atoms with Gasteiger partial charge in [-0.2, -0.15) is 14.9 Å². The van der Waals surface area contributed by atoms with Crippen molar-refractivity contribution in [2.24, 2.45) is 5.41 Å². The number of anilines is 1. The topological polar surface area (TPSA) is 200 Å². The van der Waals surface area contributed by atoms with E-state index in [0.29, 0.717) is 4.90 Å². The van der Waals surface area contributed by atoms with Crippen molar-refractivity contribution in [1.29, 1.82) is 0 Å². The lowest BCUT2D eigenvalue weighted by atomic mass is 9.81. The van der Waals surface area contributed by atoms with Crippen LogP contribution in [0.25, 0.3) is 11.2 Å². The summed E-state index contributed by atoms with van der Waals surface area (Å²) < 4.78 is 35.5. The van der Waals surface area contributed by atoms with Gasteiger partial charge in [0.1, 0.15) is 17.3 Å². The van der Waals surface area contributed by atoms with Crippen molar-refractivity contribution in [2.75, 3.05) is 18.1 Å². The van der Waals surface area contributed by atoms with Crippen LogP contribution in [0, 0.1) is 17.8 Å². The van der Waals surface area contributed by atoms with Gasteiger partial charge in [-0.1, -0.05) is 5.92 Å². The number of halogens is 1. The van der Waals surface area contributed by atoms with Gasteiger partial charge >= 0.3 is 24.1 Å². The Morgan fingerprint density at radius 1 is 1.08 bits per heavy atom. The molecule has 2 amide bonds. The highest BCUT2D eigenvalue weighted by Crippen LogP contribution is 2.47. The predicted molar refractivity (Wildman–Crippen MR) is 189 cm³/mol. The first-order valence-corrected chi connectivity index (χ1v) is 17.6. The van der Waals surface area contributed by atoms with E-state index in [0.717, 1.165) is 11.3 Å². The zero-order valence-electron chi connectivity index (χ0n) is 30.9. The lowest BCUT2D eigenvalue weighted by molar-refractivity contribution is -0.155. The number of rotatable bonds is 10. The van der Waals surface area contributed by atoms with E-state index in [1.807, 2.05) is 0 Å². The molecule has 286 valence electrons. The maximum atomic E-state index is 13.5. The molecule has 0 spiro atoms. The van der Waals surface area contributed by atoms with Crippen LogP contribution < -0.4 is 4.90 Å². The summed E-state index contributed by atoms with van der Waals surface area (Å²) in [4.78, 5) is 82.0. The molecule has 0 saturated carbocycles. The van der Waals surface area contributed by atoms with Gasteiger partial charge in [-0.05, 0) is 73.9 Å². The van der Waals surface area contributed by atoms with Crippen molar-refractivity contribution in [3.63, 3.8) is 0 Å². The van der Waals surface area contributed by atoms with E-state index < -0.39 is 76.3 Å². The molecule has 1 fully saturated rings. The highest BCUT2D eigenvalue weighted by molar-refractivity contribution is 7.11. The molecule has 19 heteroatoms. The molecule has 3 aromatic heterocycles. The minimum Gasteiger partial charge on any atom is -0.461 e. The molecule has 4 heterocycles. The van der Waals surface area contributed by atoms with Crippen molar-refractivity contribution >= 4 is 69.8 Å². The first-order valence-electron chi connectivity index (χ1n) is 16.3. The number of Topliss-reactive ketones (excluding diaryl/α,β-unsaturated/α-hetero) is 1. The highest BCUT2D eigenvalue weighted by Gasteiger charge is 2.56. The van der Waals surface area contributed by atoms with Crippen molar-refractivity contribution in [3.05, 3.63) is 27.7 Å². The quantitative estimate of drug-likeness (QED) is 0.106. The summed E-state index contributed by atoms with van der Waals surface area (Å²) in [6, 6.07) is 0. The first kappa shape index (κ1) is 41.1. The zero-order chi connectivity index (χ0) is 39.6. The molecular weight excluding hydrogens is 736 g/mol. The summed E-state index contributed by atoms with van der Waals surface area (Å²) in [6.07, 6.45) is 0.396. The SMILES string of the molecule is C#C[C@@]1(C)[C@@H](COC(C(C)=O)c2csc(C(=O)OCC)n2)O[C@@H](n2cnc3c(N(C(=O)OC(C)(C)C)C(=O)OC(C)(C)C)nc(Cl)nc32)[C@@H]1OC(C)=O. The Balaban J connectivity index is 1.77. The number of imidazole rings is 1. The van der Waals surface area contributed by atoms with Crippen LogP contribution in [0.3, 0.4) is 0 Å². The van der Waals surface area contributed by atoms with Gasteiger partial charge < -0.3 is 28.4 Å². The number of carbonyl (C=O) groups is 5. The Kier molecular flexibility index (Phi) is 12.2. The molecule has 53 heavy (non-hydrogen) atoms. The van der Waals surface area contributed by atoms with E-state index in [9.17, 15) is 24.0 Å². The second kappa shape index (κ2) is 15.7. The van der Waals surface area contributed by atoms with Gasteiger partial charge in [0.15, 0.2) is 41.2 Å². The second-order valence-corrected chi connectivity index (χ2v) is 15.2. The van der Waals surface area contributed by atoms with Gasteiger partial charge in [0.25, 0.3) is 0 Å². The highest BCUT2D eigenvalue weighted by atomic mass is 35.5. The Hall–Kier alpha value is -4.70. The van der Waals surface area contributed by atoms with Crippen LogP contribution in [-0.2, 0) is 38.0 Å². The number of imide groups is 1. The van der Waals surface area contributed by atoms with Gasteiger partial charge in [0, 0.05) is 12.3 Å². The lowest BCUT2D eigenvalue weighted by Gasteiger charge is -2.30. The number of hydrogen-bond donors (Lipinski definition) is 0. The van der Waals surface area contributed by atoms with Crippen LogP contribution in [0.1, 0.15) is 97.1 Å². The largest absolute Gasteiger partial charge is 0.461 e. The molecular formula is C34H41ClN6O11S. The number of amides is 2. The third kappa shape index (κ3) is 9.27. The van der Waals surface area contributed by atoms with Crippen LogP contribution >= 0.6 is 22.9 Å². The zero-order valence-corrected chi connectivity index (χ0v) is 32.5. The summed E-state index contributed by atoms with van der Waals surface area (Å²) in [5.41, 5.74) is -3.40. The van der Waals surface area contributed by atoms with Crippen molar-refractivity contribution < 1.29 is 52.4 Å². The average Bonchev–Trinajstić information content (AvgIpc) is 3.73. The molecule has 4 rings (SSSR count). The van der Waals surface area contributed by atoms with Gasteiger partial charge in [-0.15, -0.1) is 17.8 Å². The Bertz CT molecular complexity index is 1920. The maximum absolute atomic E-state index is 13.5. The van der Waals surface area contributed by atoms with Crippen molar-refractivity contribution in [1.82, 2.24) is 24.5 Å². The summed E-state index contributed by atoms with van der Waals surface area (Å²) >= 11 is 7.38. The summed E-state index contributed by atoms with van der Waals surface area (Å²) in [6.45, 7) is 15.3. The van der Waals surface area contributed by atoms with E-state index >= 15 is 0 Å². The van der Waals surface area contributed by atoms with Crippen LogP contribution in [0.15, 0.2) is 11.7 Å². The van der Waals surface area contributed by atoms with E-state index in [2.05, 4.69) is 25.9 Å². The third-order valence-electron chi connectivity index (χ3n) is 7.46. The number of ether oxygens (including phenoxy) is 6. The number of thiazole rings is 1. The Morgan fingerprint density at radius 2 is 1.70 bits per heavy atom. The van der Waals surface area contributed by atoms with Crippen LogP contribution in [0.4, 0.5) is 15.4 Å².